The van der Waals surface area contributed by atoms with Crippen LogP contribution in [0.25, 0.3) is 0 Å². The molecule has 1 rings (SSSR count). The standard InChI is InChI=1S/C9H13N3O.H2/c1-7(2)6-8(13)12-9-10-4-3-5-11-9;/h3-5,7H,6H2,1-2H3,(H,10,11,12,13);1H. The number of hydrogen-bond acceptors (Lipinski definition) is 3. The van der Waals surface area contributed by atoms with Gasteiger partial charge in [-0.05, 0) is 12.0 Å². The molecule has 1 aromatic rings. The fourth-order valence-corrected chi connectivity index (χ4v) is 0.910. The molecule has 0 unspecified atom stereocenters. The van der Waals surface area contributed by atoms with Crippen LogP contribution in [0.2, 0.25) is 0 Å². The zero-order valence-electron chi connectivity index (χ0n) is 7.82. The molecule has 0 spiro atoms. The van der Waals surface area contributed by atoms with Crippen LogP contribution in [0.1, 0.15) is 21.7 Å². The Labute approximate surface area is 78.9 Å². The van der Waals surface area contributed by atoms with E-state index in [-0.39, 0.29) is 7.33 Å². The summed E-state index contributed by atoms with van der Waals surface area (Å²) in [5, 5.41) is 2.61. The van der Waals surface area contributed by atoms with E-state index in [1.165, 1.54) is 0 Å². The van der Waals surface area contributed by atoms with Crippen molar-refractivity contribution < 1.29 is 6.22 Å². The molecule has 1 N–H and O–H groups in total. The molecule has 0 fully saturated rings. The third-order valence-corrected chi connectivity index (χ3v) is 1.41. The molecule has 0 saturated carbocycles. The van der Waals surface area contributed by atoms with Crippen LogP contribution < -0.4 is 5.32 Å². The number of carbonyl (C=O) groups is 1. The van der Waals surface area contributed by atoms with E-state index < -0.39 is 0 Å². The summed E-state index contributed by atoms with van der Waals surface area (Å²) >= 11 is 0. The molecule has 0 aliphatic carbocycles. The first-order chi connectivity index (χ1) is 6.18. The fraction of sp³-hybridized carbons (Fsp3) is 0.444. The van der Waals surface area contributed by atoms with E-state index in [1.807, 2.05) is 13.8 Å². The molecule has 13 heavy (non-hydrogen) atoms. The number of anilines is 1. The van der Waals surface area contributed by atoms with Crippen LogP contribution in [0.3, 0.4) is 0 Å². The van der Waals surface area contributed by atoms with Crippen LogP contribution in [0.15, 0.2) is 18.5 Å². The Bertz CT molecular complexity index is 277. The maximum Gasteiger partial charge on any atom is 0.229 e. The van der Waals surface area contributed by atoms with Crippen molar-refractivity contribution in [2.75, 3.05) is 5.32 Å². The van der Waals surface area contributed by atoms with Crippen molar-refractivity contribution in [3.05, 3.63) is 18.5 Å². The van der Waals surface area contributed by atoms with Crippen molar-refractivity contribution in [1.29, 1.82) is 0 Å². The van der Waals surface area contributed by atoms with Gasteiger partial charge in [-0.25, -0.2) is 9.97 Å². The number of nitrogens with one attached hydrogen (secondary N) is 1. The monoisotopic (exact) mass is 181 g/mol. The minimum atomic E-state index is -0.0406. The molecular weight excluding hydrogens is 166 g/mol. The van der Waals surface area contributed by atoms with E-state index in [4.69, 9.17) is 0 Å². The number of nitrogens with zero attached hydrogens (tertiary/aromatic N) is 2. The van der Waals surface area contributed by atoms with Gasteiger partial charge in [0, 0.05) is 20.2 Å². The van der Waals surface area contributed by atoms with Gasteiger partial charge in [0.1, 0.15) is 0 Å². The number of amides is 1. The summed E-state index contributed by atoms with van der Waals surface area (Å²) in [6, 6.07) is 1.71. The van der Waals surface area contributed by atoms with Gasteiger partial charge in [-0.1, -0.05) is 13.8 Å². The van der Waals surface area contributed by atoms with Crippen molar-refractivity contribution in [3.63, 3.8) is 0 Å². The Hall–Kier alpha value is -1.45. The molecule has 0 aromatic carbocycles. The van der Waals surface area contributed by atoms with Gasteiger partial charge in [0.25, 0.3) is 0 Å². The minimum Gasteiger partial charge on any atom is -0.295 e. The zero-order chi connectivity index (χ0) is 9.68. The highest BCUT2D eigenvalue weighted by Crippen LogP contribution is 2.02. The highest BCUT2D eigenvalue weighted by Gasteiger charge is 2.05. The molecule has 1 amide bonds. The highest BCUT2D eigenvalue weighted by atomic mass is 16.1. The predicted octanol–water partition coefficient (Wildman–Crippen LogP) is 1.71. The lowest BCUT2D eigenvalue weighted by Crippen LogP contribution is -2.15. The summed E-state index contributed by atoms with van der Waals surface area (Å²) in [4.78, 5) is 19.0. The summed E-state index contributed by atoms with van der Waals surface area (Å²) in [6.45, 7) is 3.98. The lowest BCUT2D eigenvalue weighted by atomic mass is 10.1. The van der Waals surface area contributed by atoms with Crippen molar-refractivity contribution in [1.82, 2.24) is 9.97 Å². The molecule has 0 aliphatic rings. The van der Waals surface area contributed by atoms with Gasteiger partial charge in [0.05, 0.1) is 0 Å². The van der Waals surface area contributed by atoms with Crippen molar-refractivity contribution in [2.45, 2.75) is 20.3 Å². The summed E-state index contributed by atoms with van der Waals surface area (Å²) < 4.78 is 0. The second-order valence-electron chi connectivity index (χ2n) is 3.22. The number of aromatic nitrogens is 2. The fourth-order valence-electron chi connectivity index (χ4n) is 0.910. The molecule has 0 atom stereocenters. The van der Waals surface area contributed by atoms with Gasteiger partial charge in [0.15, 0.2) is 0 Å². The molecule has 1 heterocycles. The Morgan fingerprint density at radius 2 is 2.15 bits per heavy atom. The Morgan fingerprint density at radius 3 is 2.69 bits per heavy atom. The van der Waals surface area contributed by atoms with E-state index in [9.17, 15) is 4.79 Å². The SMILES string of the molecule is CC(C)CC(=O)Nc1ncccn1.[HH]. The topological polar surface area (TPSA) is 54.9 Å². The van der Waals surface area contributed by atoms with E-state index in [2.05, 4.69) is 15.3 Å². The van der Waals surface area contributed by atoms with Gasteiger partial charge in [-0.3, -0.25) is 10.1 Å². The highest BCUT2D eigenvalue weighted by molar-refractivity contribution is 5.88. The summed E-state index contributed by atoms with van der Waals surface area (Å²) in [5.41, 5.74) is 0. The lowest BCUT2D eigenvalue weighted by molar-refractivity contribution is -0.116. The van der Waals surface area contributed by atoms with Crippen LogP contribution in [0.5, 0.6) is 0 Å². The second kappa shape index (κ2) is 4.54. The minimum absolute atomic E-state index is 0. The third kappa shape index (κ3) is 3.64. The predicted molar refractivity (Wildman–Crippen MR) is 52.2 cm³/mol. The van der Waals surface area contributed by atoms with Gasteiger partial charge < -0.3 is 0 Å². The molecule has 4 nitrogen and oxygen atoms in total. The molecule has 72 valence electrons. The van der Waals surface area contributed by atoms with Gasteiger partial charge in [-0.2, -0.15) is 0 Å². The second-order valence-corrected chi connectivity index (χ2v) is 3.22. The van der Waals surface area contributed by atoms with Crippen molar-refractivity contribution in [2.24, 2.45) is 5.92 Å². The van der Waals surface area contributed by atoms with E-state index in [0.717, 1.165) is 0 Å². The smallest absolute Gasteiger partial charge is 0.229 e. The molecular formula is C9H15N3O. The summed E-state index contributed by atoms with van der Waals surface area (Å²) in [5.74, 6) is 0.679. The third-order valence-electron chi connectivity index (χ3n) is 1.41. The normalized spacial score (nSPS) is 10.1. The van der Waals surface area contributed by atoms with E-state index in [0.29, 0.717) is 18.3 Å². The molecule has 0 saturated heterocycles. The van der Waals surface area contributed by atoms with Gasteiger partial charge in [0.2, 0.25) is 11.9 Å². The van der Waals surface area contributed by atoms with E-state index >= 15 is 0 Å². The average molecular weight is 181 g/mol. The molecule has 0 radical (unpaired) electrons. The molecule has 0 bridgehead atoms. The maximum absolute atomic E-state index is 11.2. The summed E-state index contributed by atoms with van der Waals surface area (Å²) in [7, 11) is 0. The van der Waals surface area contributed by atoms with Crippen LogP contribution in [-0.4, -0.2) is 15.9 Å². The van der Waals surface area contributed by atoms with Crippen LogP contribution >= 0.6 is 0 Å². The first-order valence-corrected chi connectivity index (χ1v) is 4.25. The first kappa shape index (κ1) is 9.64. The van der Waals surface area contributed by atoms with Crippen molar-refractivity contribution >= 4 is 11.9 Å². The number of carbonyl (C=O) groups excluding carboxylic acids is 1. The van der Waals surface area contributed by atoms with E-state index in [1.54, 1.807) is 18.5 Å². The average Bonchev–Trinajstić information content (AvgIpc) is 2.04. The largest absolute Gasteiger partial charge is 0.295 e. The molecule has 0 aliphatic heterocycles. The summed E-state index contributed by atoms with van der Waals surface area (Å²) in [6.07, 6.45) is 3.69. The number of hydrogen-bond donors (Lipinski definition) is 1. The molecule has 4 heteroatoms. The zero-order valence-corrected chi connectivity index (χ0v) is 7.82. The van der Waals surface area contributed by atoms with Gasteiger partial charge in [-0.15, -0.1) is 0 Å². The quantitative estimate of drug-likeness (QED) is 0.772. The van der Waals surface area contributed by atoms with Crippen LogP contribution in [-0.2, 0) is 4.79 Å². The first-order valence-electron chi connectivity index (χ1n) is 4.25. The van der Waals surface area contributed by atoms with Crippen LogP contribution in [0.4, 0.5) is 5.95 Å². The molecule has 1 aromatic heterocycles. The van der Waals surface area contributed by atoms with Gasteiger partial charge >= 0.3 is 0 Å². The lowest BCUT2D eigenvalue weighted by Gasteiger charge is -2.04. The Morgan fingerprint density at radius 1 is 1.54 bits per heavy atom. The Balaban J connectivity index is 0.00000169. The van der Waals surface area contributed by atoms with Crippen LogP contribution in [0, 0.1) is 5.92 Å². The number of rotatable bonds is 3. The maximum atomic E-state index is 11.2. The van der Waals surface area contributed by atoms with Crippen molar-refractivity contribution in [3.8, 4) is 0 Å². The Kier molecular flexibility index (Phi) is 3.37.